The molecule has 0 aliphatic carbocycles. The molecule has 0 aliphatic heterocycles. The van der Waals surface area contributed by atoms with E-state index < -0.39 is 21.2 Å². The van der Waals surface area contributed by atoms with Crippen molar-refractivity contribution < 1.29 is 17.6 Å². The summed E-state index contributed by atoms with van der Waals surface area (Å²) in [5, 5.41) is 0.248. The smallest absolute Gasteiger partial charge is 0.207 e. The van der Waals surface area contributed by atoms with Gasteiger partial charge < -0.3 is 0 Å². The molecule has 0 fully saturated rings. The third-order valence-corrected chi connectivity index (χ3v) is 5.05. The van der Waals surface area contributed by atoms with E-state index in [1.165, 1.54) is 18.2 Å². The summed E-state index contributed by atoms with van der Waals surface area (Å²) in [5.74, 6) is -0.874. The first-order valence-corrected chi connectivity index (χ1v) is 7.49. The summed E-state index contributed by atoms with van der Waals surface area (Å²) in [5.41, 5.74) is -0.0117. The van der Waals surface area contributed by atoms with Crippen molar-refractivity contribution in [2.24, 2.45) is 0 Å². The predicted octanol–water partition coefficient (Wildman–Crippen LogP) is 3.43. The lowest BCUT2D eigenvalue weighted by atomic mass is 10.2. The van der Waals surface area contributed by atoms with Crippen LogP contribution >= 0.6 is 11.6 Å². The van der Waals surface area contributed by atoms with Crippen molar-refractivity contribution in [1.82, 2.24) is 0 Å². The fourth-order valence-electron chi connectivity index (χ4n) is 1.85. The fourth-order valence-corrected chi connectivity index (χ4v) is 3.79. The lowest BCUT2D eigenvalue weighted by Crippen LogP contribution is -2.08. The highest BCUT2D eigenvalue weighted by Crippen LogP contribution is 2.29. The van der Waals surface area contributed by atoms with Gasteiger partial charge in [-0.05, 0) is 36.8 Å². The molecule has 2 aromatic carbocycles. The number of halogens is 2. The molecule has 0 atom stereocenters. The molecule has 3 nitrogen and oxygen atoms in total. The first-order valence-electron chi connectivity index (χ1n) is 5.63. The lowest BCUT2D eigenvalue weighted by Gasteiger charge is -2.10. The average molecular weight is 313 g/mol. The van der Waals surface area contributed by atoms with Gasteiger partial charge in [0.25, 0.3) is 0 Å². The molecule has 0 aromatic heterocycles. The molecule has 6 heteroatoms. The van der Waals surface area contributed by atoms with Crippen molar-refractivity contribution in [3.63, 3.8) is 0 Å². The monoisotopic (exact) mass is 312 g/mol. The molecule has 0 amide bonds. The van der Waals surface area contributed by atoms with Gasteiger partial charge in [-0.1, -0.05) is 23.7 Å². The Labute approximate surface area is 120 Å². The van der Waals surface area contributed by atoms with Crippen molar-refractivity contribution in [1.29, 1.82) is 0 Å². The van der Waals surface area contributed by atoms with Crippen LogP contribution < -0.4 is 0 Å². The van der Waals surface area contributed by atoms with E-state index in [0.717, 1.165) is 6.07 Å². The molecule has 0 unspecified atom stereocenters. The molecule has 2 rings (SSSR count). The topological polar surface area (TPSA) is 51.2 Å². The molecule has 0 saturated carbocycles. The van der Waals surface area contributed by atoms with Crippen LogP contribution in [0.5, 0.6) is 0 Å². The minimum atomic E-state index is -4.01. The number of carbonyl (C=O) groups excluding carboxylic acids is 1. The zero-order chi connectivity index (χ0) is 14.9. The van der Waals surface area contributed by atoms with Gasteiger partial charge in [-0.15, -0.1) is 0 Å². The van der Waals surface area contributed by atoms with E-state index in [0.29, 0.717) is 5.56 Å². The highest BCUT2D eigenvalue weighted by Gasteiger charge is 2.25. The van der Waals surface area contributed by atoms with Crippen LogP contribution in [0.4, 0.5) is 4.39 Å². The summed E-state index contributed by atoms with van der Waals surface area (Å²) in [4.78, 5) is 10.5. The highest BCUT2D eigenvalue weighted by atomic mass is 35.5. The number of hydrogen-bond donors (Lipinski definition) is 0. The third-order valence-electron chi connectivity index (χ3n) is 2.86. The second-order valence-electron chi connectivity index (χ2n) is 4.18. The van der Waals surface area contributed by atoms with Crippen LogP contribution in [0.1, 0.15) is 15.9 Å². The standard InChI is InChI=1S/C14H10ClFO3S/c1-9-5-6-10(15)7-14(9)20(18,19)13-4-2-3-12(16)11(13)8-17/h2-8H,1H3. The quantitative estimate of drug-likeness (QED) is 0.816. The van der Waals surface area contributed by atoms with E-state index >= 15 is 0 Å². The van der Waals surface area contributed by atoms with Gasteiger partial charge in [0.15, 0.2) is 6.29 Å². The van der Waals surface area contributed by atoms with Crippen LogP contribution in [0.25, 0.3) is 0 Å². The summed E-state index contributed by atoms with van der Waals surface area (Å²) in [6.07, 6.45) is 0.197. The first kappa shape index (κ1) is 14.7. The summed E-state index contributed by atoms with van der Waals surface area (Å²) in [7, 11) is -4.01. The maximum atomic E-state index is 13.6. The predicted molar refractivity (Wildman–Crippen MR) is 73.4 cm³/mol. The number of rotatable bonds is 3. The average Bonchev–Trinajstić information content (AvgIpc) is 2.41. The van der Waals surface area contributed by atoms with Crippen molar-refractivity contribution in [2.75, 3.05) is 0 Å². The SMILES string of the molecule is Cc1ccc(Cl)cc1S(=O)(=O)c1cccc(F)c1C=O. The fraction of sp³-hybridized carbons (Fsp3) is 0.0714. The minimum absolute atomic E-state index is 0.0429. The van der Waals surface area contributed by atoms with Crippen molar-refractivity contribution in [3.8, 4) is 0 Å². The molecule has 0 bridgehead atoms. The molecular weight excluding hydrogens is 303 g/mol. The Morgan fingerprint density at radius 2 is 1.85 bits per heavy atom. The van der Waals surface area contributed by atoms with E-state index in [-0.39, 0.29) is 21.1 Å². The Balaban J connectivity index is 2.77. The Kier molecular flexibility index (Phi) is 3.92. The number of carbonyl (C=O) groups is 1. The Morgan fingerprint density at radius 3 is 2.50 bits per heavy atom. The summed E-state index contributed by atoms with van der Waals surface area (Å²) < 4.78 is 38.7. The molecule has 20 heavy (non-hydrogen) atoms. The summed E-state index contributed by atoms with van der Waals surface area (Å²) in [6.45, 7) is 1.60. The number of aldehydes is 1. The van der Waals surface area contributed by atoms with Gasteiger partial charge in [-0.2, -0.15) is 0 Å². The van der Waals surface area contributed by atoms with Crippen molar-refractivity contribution in [2.45, 2.75) is 16.7 Å². The van der Waals surface area contributed by atoms with E-state index in [2.05, 4.69) is 0 Å². The molecule has 104 valence electrons. The number of benzene rings is 2. The zero-order valence-electron chi connectivity index (χ0n) is 10.4. The van der Waals surface area contributed by atoms with E-state index in [1.54, 1.807) is 19.1 Å². The third kappa shape index (κ3) is 2.46. The van der Waals surface area contributed by atoms with E-state index in [9.17, 15) is 17.6 Å². The molecule has 0 heterocycles. The molecule has 0 radical (unpaired) electrons. The molecule has 2 aromatic rings. The van der Waals surface area contributed by atoms with Crippen LogP contribution in [0.3, 0.4) is 0 Å². The van der Waals surface area contributed by atoms with Crippen LogP contribution in [0, 0.1) is 12.7 Å². The van der Waals surface area contributed by atoms with Crippen LogP contribution in [-0.2, 0) is 9.84 Å². The molecule has 0 N–H and O–H groups in total. The van der Waals surface area contributed by atoms with Gasteiger partial charge in [0, 0.05) is 5.02 Å². The number of aryl methyl sites for hydroxylation is 1. The number of sulfone groups is 1. The largest absolute Gasteiger partial charge is 0.298 e. The van der Waals surface area contributed by atoms with Gasteiger partial charge in [-0.25, -0.2) is 12.8 Å². The van der Waals surface area contributed by atoms with Crippen LogP contribution in [-0.4, -0.2) is 14.7 Å². The second-order valence-corrected chi connectivity index (χ2v) is 6.51. The Morgan fingerprint density at radius 1 is 1.15 bits per heavy atom. The number of hydrogen-bond acceptors (Lipinski definition) is 3. The van der Waals surface area contributed by atoms with Crippen LogP contribution in [0.15, 0.2) is 46.2 Å². The molecule has 0 saturated heterocycles. The first-order chi connectivity index (χ1) is 9.37. The highest BCUT2D eigenvalue weighted by molar-refractivity contribution is 7.91. The Bertz CT molecular complexity index is 785. The maximum Gasteiger partial charge on any atom is 0.207 e. The van der Waals surface area contributed by atoms with Crippen LogP contribution in [0.2, 0.25) is 5.02 Å². The Hall–Kier alpha value is -1.72. The van der Waals surface area contributed by atoms with Gasteiger partial charge in [0.2, 0.25) is 9.84 Å². The molecule has 0 aliphatic rings. The van der Waals surface area contributed by atoms with Crippen molar-refractivity contribution in [3.05, 3.63) is 58.4 Å². The summed E-state index contributed by atoms with van der Waals surface area (Å²) >= 11 is 5.81. The van der Waals surface area contributed by atoms with Crippen molar-refractivity contribution >= 4 is 27.7 Å². The minimum Gasteiger partial charge on any atom is -0.298 e. The van der Waals surface area contributed by atoms with Gasteiger partial charge in [0.05, 0.1) is 15.4 Å². The maximum absolute atomic E-state index is 13.6. The van der Waals surface area contributed by atoms with E-state index in [4.69, 9.17) is 11.6 Å². The molecular formula is C14H10ClFO3S. The van der Waals surface area contributed by atoms with E-state index in [1.807, 2.05) is 0 Å². The molecule has 0 spiro atoms. The van der Waals surface area contributed by atoms with Gasteiger partial charge in [-0.3, -0.25) is 4.79 Å². The normalized spacial score (nSPS) is 11.3. The zero-order valence-corrected chi connectivity index (χ0v) is 12.0. The van der Waals surface area contributed by atoms with Gasteiger partial charge >= 0.3 is 0 Å². The second kappa shape index (κ2) is 5.34. The lowest BCUT2D eigenvalue weighted by molar-refractivity contribution is 0.111. The summed E-state index contributed by atoms with van der Waals surface area (Å²) in [6, 6.07) is 7.87. The van der Waals surface area contributed by atoms with Gasteiger partial charge in [0.1, 0.15) is 5.82 Å².